The number of hydrogen-bond acceptors (Lipinski definition) is 4. The topological polar surface area (TPSA) is 72.2 Å². The molecule has 1 N–H and O–H groups in total. The highest BCUT2D eigenvalue weighted by Crippen LogP contribution is 2.18. The summed E-state index contributed by atoms with van der Waals surface area (Å²) in [6, 6.07) is 6.14. The SMILES string of the molecule is CC(=O)n1ccnc1C(=O)c1ccccc1O. The summed E-state index contributed by atoms with van der Waals surface area (Å²) < 4.78 is 1.15. The number of hydrogen-bond donors (Lipinski definition) is 1. The Labute approximate surface area is 97.3 Å². The molecular formula is C12H10N2O3. The van der Waals surface area contributed by atoms with Gasteiger partial charge < -0.3 is 5.11 Å². The zero-order valence-electron chi connectivity index (χ0n) is 9.12. The van der Waals surface area contributed by atoms with Crippen LogP contribution in [0.5, 0.6) is 5.75 Å². The number of phenolic OH excluding ortho intramolecular Hbond substituents is 1. The van der Waals surface area contributed by atoms with E-state index in [0.717, 1.165) is 4.57 Å². The Morgan fingerprint density at radius 3 is 2.65 bits per heavy atom. The highest BCUT2D eigenvalue weighted by atomic mass is 16.3. The van der Waals surface area contributed by atoms with Gasteiger partial charge in [0.2, 0.25) is 11.7 Å². The van der Waals surface area contributed by atoms with Gasteiger partial charge in [0.05, 0.1) is 5.56 Å². The van der Waals surface area contributed by atoms with Gasteiger partial charge in [-0.3, -0.25) is 14.2 Å². The number of aromatic nitrogens is 2. The summed E-state index contributed by atoms with van der Waals surface area (Å²) in [4.78, 5) is 27.2. The van der Waals surface area contributed by atoms with E-state index < -0.39 is 5.78 Å². The molecule has 5 nitrogen and oxygen atoms in total. The molecule has 86 valence electrons. The van der Waals surface area contributed by atoms with E-state index in [1.807, 2.05) is 0 Å². The van der Waals surface area contributed by atoms with Crippen LogP contribution in [0, 0.1) is 0 Å². The molecule has 0 atom stereocenters. The monoisotopic (exact) mass is 230 g/mol. The maximum absolute atomic E-state index is 12.1. The van der Waals surface area contributed by atoms with Crippen LogP contribution in [-0.2, 0) is 0 Å². The van der Waals surface area contributed by atoms with Gasteiger partial charge in [-0.15, -0.1) is 0 Å². The van der Waals surface area contributed by atoms with Crippen molar-refractivity contribution in [1.82, 2.24) is 9.55 Å². The number of carbonyl (C=O) groups excluding carboxylic acids is 2. The van der Waals surface area contributed by atoms with E-state index in [2.05, 4.69) is 4.98 Å². The fourth-order valence-electron chi connectivity index (χ4n) is 1.51. The normalized spacial score (nSPS) is 10.2. The van der Waals surface area contributed by atoms with Crippen LogP contribution in [0.3, 0.4) is 0 Å². The molecule has 0 amide bonds. The number of phenols is 1. The summed E-state index contributed by atoms with van der Waals surface area (Å²) >= 11 is 0. The summed E-state index contributed by atoms with van der Waals surface area (Å²) in [6.07, 6.45) is 2.78. The summed E-state index contributed by atoms with van der Waals surface area (Å²) in [7, 11) is 0. The third-order valence-corrected chi connectivity index (χ3v) is 2.33. The molecule has 0 aliphatic heterocycles. The number of nitrogens with zero attached hydrogens (tertiary/aromatic N) is 2. The Hall–Kier alpha value is -2.43. The van der Waals surface area contributed by atoms with Crippen LogP contribution in [0.15, 0.2) is 36.7 Å². The van der Waals surface area contributed by atoms with Crippen molar-refractivity contribution in [3.8, 4) is 5.75 Å². The minimum absolute atomic E-state index is 0.000926. The Kier molecular flexibility index (Phi) is 2.74. The van der Waals surface area contributed by atoms with Gasteiger partial charge in [0.1, 0.15) is 5.75 Å². The molecule has 1 heterocycles. The predicted octanol–water partition coefficient (Wildman–Crippen LogP) is 1.48. The van der Waals surface area contributed by atoms with Gasteiger partial charge in [-0.1, -0.05) is 12.1 Å². The lowest BCUT2D eigenvalue weighted by molar-refractivity contribution is 0.0911. The van der Waals surface area contributed by atoms with E-state index in [1.54, 1.807) is 12.1 Å². The molecule has 2 aromatic rings. The molecule has 0 aliphatic rings. The quantitative estimate of drug-likeness (QED) is 0.793. The molecule has 0 saturated heterocycles. The molecule has 0 unspecified atom stereocenters. The second-order valence-electron chi connectivity index (χ2n) is 3.49. The molecule has 0 saturated carbocycles. The zero-order chi connectivity index (χ0) is 12.4. The fourth-order valence-corrected chi connectivity index (χ4v) is 1.51. The second-order valence-corrected chi connectivity index (χ2v) is 3.49. The van der Waals surface area contributed by atoms with Gasteiger partial charge in [-0.05, 0) is 12.1 Å². The number of aromatic hydroxyl groups is 1. The Balaban J connectivity index is 2.48. The van der Waals surface area contributed by atoms with E-state index in [9.17, 15) is 14.7 Å². The number of benzene rings is 1. The van der Waals surface area contributed by atoms with E-state index in [1.165, 1.54) is 31.5 Å². The lowest BCUT2D eigenvalue weighted by atomic mass is 10.1. The summed E-state index contributed by atoms with van der Waals surface area (Å²) in [5.41, 5.74) is 0.126. The van der Waals surface area contributed by atoms with Crippen molar-refractivity contribution >= 4 is 11.7 Å². The average molecular weight is 230 g/mol. The van der Waals surface area contributed by atoms with Crippen LogP contribution in [-0.4, -0.2) is 26.3 Å². The summed E-state index contributed by atoms with van der Waals surface area (Å²) in [5, 5.41) is 9.57. The van der Waals surface area contributed by atoms with Crippen molar-refractivity contribution in [1.29, 1.82) is 0 Å². The van der Waals surface area contributed by atoms with Crippen molar-refractivity contribution in [3.63, 3.8) is 0 Å². The average Bonchev–Trinajstić information content (AvgIpc) is 2.77. The van der Waals surface area contributed by atoms with Gasteiger partial charge in [-0.25, -0.2) is 4.98 Å². The van der Waals surface area contributed by atoms with Crippen LogP contribution >= 0.6 is 0 Å². The Bertz CT molecular complexity index is 587. The highest BCUT2D eigenvalue weighted by molar-refractivity contribution is 6.09. The Morgan fingerprint density at radius 2 is 2.00 bits per heavy atom. The van der Waals surface area contributed by atoms with Crippen molar-refractivity contribution in [2.75, 3.05) is 0 Å². The standard InChI is InChI=1S/C12H10N2O3/c1-8(15)14-7-6-13-12(14)11(17)9-4-2-3-5-10(9)16/h2-7,16H,1H3. The molecule has 0 fully saturated rings. The smallest absolute Gasteiger partial charge is 0.232 e. The molecule has 1 aromatic carbocycles. The third-order valence-electron chi connectivity index (χ3n) is 2.33. The van der Waals surface area contributed by atoms with E-state index in [4.69, 9.17) is 0 Å². The van der Waals surface area contributed by atoms with Crippen LogP contribution in [0.4, 0.5) is 0 Å². The summed E-state index contributed by atoms with van der Waals surface area (Å²) in [5.74, 6) is -0.917. The minimum atomic E-state index is -0.483. The van der Waals surface area contributed by atoms with Gasteiger partial charge in [0.25, 0.3) is 0 Å². The molecule has 1 aromatic heterocycles. The first kappa shape index (κ1) is 11.1. The van der Waals surface area contributed by atoms with Gasteiger partial charge in [0.15, 0.2) is 5.82 Å². The number of rotatable bonds is 2. The van der Waals surface area contributed by atoms with Crippen molar-refractivity contribution in [2.45, 2.75) is 6.92 Å². The predicted molar refractivity (Wildman–Crippen MR) is 60.1 cm³/mol. The summed E-state index contributed by atoms with van der Waals surface area (Å²) in [6.45, 7) is 1.34. The molecule has 0 aliphatic carbocycles. The zero-order valence-corrected chi connectivity index (χ0v) is 9.12. The molecular weight excluding hydrogens is 220 g/mol. The first-order valence-electron chi connectivity index (χ1n) is 4.98. The van der Waals surface area contributed by atoms with Gasteiger partial charge in [-0.2, -0.15) is 0 Å². The molecule has 17 heavy (non-hydrogen) atoms. The number of para-hydroxylation sites is 1. The molecule has 2 rings (SSSR count). The molecule has 5 heteroatoms. The lowest BCUT2D eigenvalue weighted by Gasteiger charge is -2.04. The van der Waals surface area contributed by atoms with E-state index in [0.29, 0.717) is 0 Å². The second kappa shape index (κ2) is 4.21. The van der Waals surface area contributed by atoms with Crippen molar-refractivity contribution < 1.29 is 14.7 Å². The number of imidazole rings is 1. The lowest BCUT2D eigenvalue weighted by Crippen LogP contribution is -2.15. The van der Waals surface area contributed by atoms with Crippen LogP contribution in [0.2, 0.25) is 0 Å². The molecule has 0 radical (unpaired) electrons. The first-order valence-corrected chi connectivity index (χ1v) is 4.98. The molecule has 0 bridgehead atoms. The van der Waals surface area contributed by atoms with E-state index in [-0.39, 0.29) is 23.0 Å². The third kappa shape index (κ3) is 1.94. The van der Waals surface area contributed by atoms with E-state index >= 15 is 0 Å². The van der Waals surface area contributed by atoms with Gasteiger partial charge in [0, 0.05) is 19.3 Å². The van der Waals surface area contributed by atoms with Crippen LogP contribution < -0.4 is 0 Å². The number of carbonyl (C=O) groups is 2. The highest BCUT2D eigenvalue weighted by Gasteiger charge is 2.19. The fraction of sp³-hybridized carbons (Fsp3) is 0.0833. The molecule has 0 spiro atoms. The van der Waals surface area contributed by atoms with Crippen molar-refractivity contribution in [3.05, 3.63) is 48.0 Å². The first-order chi connectivity index (χ1) is 8.11. The van der Waals surface area contributed by atoms with Crippen LogP contribution in [0.25, 0.3) is 0 Å². The number of ketones is 1. The maximum Gasteiger partial charge on any atom is 0.232 e. The van der Waals surface area contributed by atoms with Gasteiger partial charge >= 0.3 is 0 Å². The van der Waals surface area contributed by atoms with Crippen molar-refractivity contribution in [2.24, 2.45) is 0 Å². The largest absolute Gasteiger partial charge is 0.507 e. The Morgan fingerprint density at radius 1 is 1.29 bits per heavy atom. The minimum Gasteiger partial charge on any atom is -0.507 e. The maximum atomic E-state index is 12.1. The van der Waals surface area contributed by atoms with Crippen LogP contribution in [0.1, 0.15) is 27.9 Å².